The average Bonchev–Trinajstić information content (AvgIpc) is 2.82. The third-order valence-corrected chi connectivity index (χ3v) is 5.64. The summed E-state index contributed by atoms with van der Waals surface area (Å²) >= 11 is 12.7. The zero-order chi connectivity index (χ0) is 17.7. The van der Waals surface area contributed by atoms with Crippen molar-refractivity contribution >= 4 is 57.4 Å². The van der Waals surface area contributed by atoms with E-state index in [0.717, 1.165) is 6.42 Å². The van der Waals surface area contributed by atoms with Gasteiger partial charge in [-0.05, 0) is 31.0 Å². The van der Waals surface area contributed by atoms with Gasteiger partial charge in [-0.3, -0.25) is 14.5 Å². The Labute approximate surface area is 156 Å². The highest BCUT2D eigenvalue weighted by Crippen LogP contribution is 2.30. The van der Waals surface area contributed by atoms with Crippen LogP contribution in [0, 0.1) is 0 Å². The summed E-state index contributed by atoms with van der Waals surface area (Å²) in [6, 6.07) is 5.06. The fourth-order valence-corrected chi connectivity index (χ4v) is 4.06. The molecule has 0 aliphatic carbocycles. The lowest BCUT2D eigenvalue weighted by molar-refractivity contribution is -0.126. The van der Waals surface area contributed by atoms with Gasteiger partial charge in [0.1, 0.15) is 10.1 Å². The van der Waals surface area contributed by atoms with E-state index >= 15 is 0 Å². The second kappa shape index (κ2) is 8.69. The quantitative estimate of drug-likeness (QED) is 0.724. The summed E-state index contributed by atoms with van der Waals surface area (Å²) in [6.45, 7) is 2.44. The van der Waals surface area contributed by atoms with Crippen molar-refractivity contribution in [3.63, 3.8) is 0 Å². The monoisotopic (exact) mass is 386 g/mol. The van der Waals surface area contributed by atoms with Crippen LogP contribution in [-0.2, 0) is 9.59 Å². The van der Waals surface area contributed by atoms with Crippen LogP contribution in [0.2, 0.25) is 5.02 Å². The number of rotatable bonds is 7. The summed E-state index contributed by atoms with van der Waals surface area (Å²) in [5.74, 6) is 0.474. The molecule has 1 heterocycles. The maximum atomic E-state index is 12.1. The number of carbonyl (C=O) groups is 2. The second-order valence-corrected chi connectivity index (χ2v) is 7.52. The molecule has 1 N–H and O–H groups in total. The molecular formula is C16H19ClN2O3S2. The maximum Gasteiger partial charge on any atom is 0.241 e. The van der Waals surface area contributed by atoms with Crippen LogP contribution in [0.1, 0.15) is 26.2 Å². The fraction of sp³-hybridized carbons (Fsp3) is 0.438. The van der Waals surface area contributed by atoms with Crippen molar-refractivity contribution in [2.45, 2.75) is 31.4 Å². The molecule has 1 fully saturated rings. The molecule has 1 atom stereocenters. The summed E-state index contributed by atoms with van der Waals surface area (Å²) in [5.41, 5.74) is 0.611. The van der Waals surface area contributed by atoms with Gasteiger partial charge >= 0.3 is 0 Å². The van der Waals surface area contributed by atoms with Gasteiger partial charge in [0.25, 0.3) is 0 Å². The van der Waals surface area contributed by atoms with E-state index in [1.54, 1.807) is 23.1 Å². The Morgan fingerprint density at radius 3 is 2.83 bits per heavy atom. The van der Waals surface area contributed by atoms with Crippen LogP contribution >= 0.6 is 35.6 Å². The van der Waals surface area contributed by atoms with Crippen LogP contribution in [-0.4, -0.2) is 39.9 Å². The van der Waals surface area contributed by atoms with Crippen LogP contribution in [0.4, 0.5) is 5.69 Å². The smallest absolute Gasteiger partial charge is 0.241 e. The molecule has 1 unspecified atom stereocenters. The van der Waals surface area contributed by atoms with E-state index in [2.05, 4.69) is 5.32 Å². The molecule has 2 rings (SSSR count). The molecule has 1 aromatic rings. The predicted octanol–water partition coefficient (Wildman–Crippen LogP) is 3.71. The number of methoxy groups -OCH3 is 1. The van der Waals surface area contributed by atoms with Crippen molar-refractivity contribution in [2.75, 3.05) is 19.0 Å². The third-order valence-electron chi connectivity index (χ3n) is 3.60. The fourth-order valence-electron chi connectivity index (χ4n) is 2.32. The first-order valence-electron chi connectivity index (χ1n) is 7.61. The van der Waals surface area contributed by atoms with E-state index in [9.17, 15) is 9.59 Å². The van der Waals surface area contributed by atoms with Crippen molar-refractivity contribution in [1.82, 2.24) is 4.90 Å². The summed E-state index contributed by atoms with van der Waals surface area (Å²) in [5, 5.41) is 3.14. The highest BCUT2D eigenvalue weighted by Gasteiger charge is 2.35. The number of amides is 2. The molecule has 1 aliphatic heterocycles. The largest absolute Gasteiger partial charge is 0.495 e. The Morgan fingerprint density at radius 1 is 1.50 bits per heavy atom. The van der Waals surface area contributed by atoms with E-state index in [4.69, 9.17) is 28.6 Å². The van der Waals surface area contributed by atoms with Gasteiger partial charge in [0.2, 0.25) is 11.8 Å². The molecule has 0 bridgehead atoms. The first kappa shape index (κ1) is 19.0. The minimum absolute atomic E-state index is 0.0508. The van der Waals surface area contributed by atoms with Gasteiger partial charge in [0, 0.05) is 18.7 Å². The minimum atomic E-state index is -0.131. The number of thioether (sulfide) groups is 1. The molecular weight excluding hydrogens is 368 g/mol. The van der Waals surface area contributed by atoms with Gasteiger partial charge in [-0.1, -0.05) is 42.5 Å². The lowest BCUT2D eigenvalue weighted by Gasteiger charge is -2.15. The Bertz CT molecular complexity index is 654. The summed E-state index contributed by atoms with van der Waals surface area (Å²) in [4.78, 5) is 25.7. The number of hydrogen-bond donors (Lipinski definition) is 1. The van der Waals surface area contributed by atoms with E-state index in [1.807, 2.05) is 6.92 Å². The molecule has 1 aromatic carbocycles. The average molecular weight is 387 g/mol. The van der Waals surface area contributed by atoms with Crippen LogP contribution in [0.5, 0.6) is 5.75 Å². The van der Waals surface area contributed by atoms with E-state index in [1.165, 1.54) is 18.9 Å². The summed E-state index contributed by atoms with van der Waals surface area (Å²) < 4.78 is 5.67. The van der Waals surface area contributed by atoms with E-state index in [0.29, 0.717) is 40.2 Å². The van der Waals surface area contributed by atoms with Gasteiger partial charge in [-0.15, -0.1) is 0 Å². The number of nitrogens with zero attached hydrogens (tertiary/aromatic N) is 1. The van der Waals surface area contributed by atoms with Crippen molar-refractivity contribution < 1.29 is 14.3 Å². The number of ether oxygens (including phenoxy) is 1. The number of hydrogen-bond acceptors (Lipinski definition) is 5. The first-order valence-corrected chi connectivity index (χ1v) is 9.28. The van der Waals surface area contributed by atoms with Crippen molar-refractivity contribution in [2.24, 2.45) is 0 Å². The lowest BCUT2D eigenvalue weighted by atomic mass is 10.2. The molecule has 130 valence electrons. The highest BCUT2D eigenvalue weighted by atomic mass is 35.5. The molecule has 8 heteroatoms. The van der Waals surface area contributed by atoms with E-state index in [-0.39, 0.29) is 17.1 Å². The van der Waals surface area contributed by atoms with Gasteiger partial charge in [0.05, 0.1) is 17.4 Å². The molecule has 0 spiro atoms. The zero-order valence-corrected chi connectivity index (χ0v) is 15.9. The van der Waals surface area contributed by atoms with Gasteiger partial charge in [-0.2, -0.15) is 0 Å². The Morgan fingerprint density at radius 2 is 2.25 bits per heavy atom. The van der Waals surface area contributed by atoms with Gasteiger partial charge in [0.15, 0.2) is 0 Å². The number of thiocarbonyl (C=S) groups is 1. The van der Waals surface area contributed by atoms with Crippen molar-refractivity contribution in [3.05, 3.63) is 23.2 Å². The molecule has 0 aromatic heterocycles. The topological polar surface area (TPSA) is 58.6 Å². The highest BCUT2D eigenvalue weighted by molar-refractivity contribution is 8.24. The molecule has 1 aliphatic rings. The normalized spacial score (nSPS) is 17.3. The molecule has 1 saturated heterocycles. The third kappa shape index (κ3) is 4.62. The number of nitrogens with one attached hydrogen (secondary N) is 1. The van der Waals surface area contributed by atoms with E-state index < -0.39 is 0 Å². The number of benzene rings is 1. The molecule has 24 heavy (non-hydrogen) atoms. The van der Waals surface area contributed by atoms with Crippen molar-refractivity contribution in [1.29, 1.82) is 0 Å². The zero-order valence-electron chi connectivity index (χ0n) is 13.5. The van der Waals surface area contributed by atoms with Crippen molar-refractivity contribution in [3.8, 4) is 5.75 Å². The predicted molar refractivity (Wildman–Crippen MR) is 102 cm³/mol. The molecule has 2 amide bonds. The molecule has 0 radical (unpaired) electrons. The second-order valence-electron chi connectivity index (χ2n) is 5.27. The SMILES string of the molecule is CCC1SC(=S)N(CCCC(=O)Nc2ccc(OC)c(Cl)c2)C1=O. The van der Waals surface area contributed by atoms with Crippen LogP contribution < -0.4 is 10.1 Å². The Balaban J connectivity index is 1.80. The Kier molecular flexibility index (Phi) is 6.89. The minimum Gasteiger partial charge on any atom is -0.495 e. The van der Waals surface area contributed by atoms with Crippen LogP contribution in [0.15, 0.2) is 18.2 Å². The lowest BCUT2D eigenvalue weighted by Crippen LogP contribution is -2.32. The van der Waals surface area contributed by atoms with Crippen LogP contribution in [0.25, 0.3) is 0 Å². The van der Waals surface area contributed by atoms with Gasteiger partial charge < -0.3 is 10.1 Å². The standard InChI is InChI=1S/C16H19ClN2O3S2/c1-3-13-15(21)19(16(23)24-13)8-4-5-14(20)18-10-6-7-12(22-2)11(17)9-10/h6-7,9,13H,3-5,8H2,1-2H3,(H,18,20). The first-order chi connectivity index (χ1) is 11.5. The number of carbonyl (C=O) groups excluding carboxylic acids is 2. The number of halogens is 1. The molecule has 5 nitrogen and oxygen atoms in total. The Hall–Kier alpha value is -1.31. The van der Waals surface area contributed by atoms with Crippen LogP contribution in [0.3, 0.4) is 0 Å². The molecule has 0 saturated carbocycles. The maximum absolute atomic E-state index is 12.1. The summed E-state index contributed by atoms with van der Waals surface area (Å²) in [7, 11) is 1.53. The number of anilines is 1. The summed E-state index contributed by atoms with van der Waals surface area (Å²) in [6.07, 6.45) is 1.62. The van der Waals surface area contributed by atoms with Gasteiger partial charge in [-0.25, -0.2) is 0 Å².